The number of ether oxygens (including phenoxy) is 1. The van der Waals surface area contributed by atoms with Crippen LogP contribution in [0.1, 0.15) is 26.2 Å². The zero-order valence-corrected chi connectivity index (χ0v) is 12.2. The van der Waals surface area contributed by atoms with Gasteiger partial charge in [-0.3, -0.25) is 4.79 Å². The minimum absolute atomic E-state index is 0.244. The van der Waals surface area contributed by atoms with Crippen molar-refractivity contribution in [1.82, 2.24) is 15.1 Å². The zero-order valence-electron chi connectivity index (χ0n) is 12.2. The standard InChI is InChI=1S/C14H27N3O2/c1-12-11-17(9-8-16(12)2)14(18)5-10-19-13-3-6-15-7-4-13/h12-13,15H,3-11H2,1-2H3. The second kappa shape index (κ2) is 7.22. The lowest BCUT2D eigenvalue weighted by molar-refractivity contribution is -0.135. The average Bonchev–Trinajstić information content (AvgIpc) is 2.43. The molecule has 0 aromatic carbocycles. The molecule has 19 heavy (non-hydrogen) atoms. The molecule has 2 aliphatic rings. The molecule has 5 nitrogen and oxygen atoms in total. The molecule has 1 atom stereocenters. The van der Waals surface area contributed by atoms with Crippen molar-refractivity contribution in [2.24, 2.45) is 0 Å². The molecule has 0 bridgehead atoms. The summed E-state index contributed by atoms with van der Waals surface area (Å²) >= 11 is 0. The van der Waals surface area contributed by atoms with Crippen molar-refractivity contribution in [1.29, 1.82) is 0 Å². The van der Waals surface area contributed by atoms with E-state index in [0.29, 0.717) is 25.2 Å². The maximum absolute atomic E-state index is 12.1. The predicted molar refractivity (Wildman–Crippen MR) is 75.1 cm³/mol. The van der Waals surface area contributed by atoms with Crippen LogP contribution in [0.25, 0.3) is 0 Å². The summed E-state index contributed by atoms with van der Waals surface area (Å²) in [6.07, 6.45) is 3.01. The van der Waals surface area contributed by atoms with Crippen LogP contribution in [0.5, 0.6) is 0 Å². The van der Waals surface area contributed by atoms with Gasteiger partial charge in [-0.05, 0) is 39.9 Å². The summed E-state index contributed by atoms with van der Waals surface area (Å²) in [6.45, 7) is 7.50. The molecular weight excluding hydrogens is 242 g/mol. The third kappa shape index (κ3) is 4.44. The van der Waals surface area contributed by atoms with Gasteiger partial charge in [-0.25, -0.2) is 0 Å². The Kier molecular flexibility index (Phi) is 5.60. The smallest absolute Gasteiger partial charge is 0.224 e. The number of carbonyl (C=O) groups excluding carboxylic acids is 1. The molecule has 0 spiro atoms. The quantitative estimate of drug-likeness (QED) is 0.798. The number of nitrogens with one attached hydrogen (secondary N) is 1. The molecule has 2 rings (SSSR count). The van der Waals surface area contributed by atoms with Crippen molar-refractivity contribution < 1.29 is 9.53 Å². The fraction of sp³-hybridized carbons (Fsp3) is 0.929. The molecule has 2 aliphatic heterocycles. The van der Waals surface area contributed by atoms with Crippen molar-refractivity contribution in [3.63, 3.8) is 0 Å². The fourth-order valence-corrected chi connectivity index (χ4v) is 2.71. The number of piperazine rings is 1. The Balaban J connectivity index is 1.63. The van der Waals surface area contributed by atoms with Crippen molar-refractivity contribution in [2.45, 2.75) is 38.3 Å². The number of hydrogen-bond acceptors (Lipinski definition) is 4. The maximum atomic E-state index is 12.1. The van der Waals surface area contributed by atoms with Crippen molar-refractivity contribution in [2.75, 3.05) is 46.4 Å². The Morgan fingerprint density at radius 1 is 1.32 bits per heavy atom. The lowest BCUT2D eigenvalue weighted by atomic mass is 10.1. The molecule has 0 aliphatic carbocycles. The molecular formula is C14H27N3O2. The first kappa shape index (κ1) is 14.8. The second-order valence-electron chi connectivity index (χ2n) is 5.74. The van der Waals surface area contributed by atoms with E-state index in [1.807, 2.05) is 4.90 Å². The van der Waals surface area contributed by atoms with E-state index in [2.05, 4.69) is 24.2 Å². The number of rotatable bonds is 4. The Bertz CT molecular complexity index is 292. The van der Waals surface area contributed by atoms with E-state index in [1.54, 1.807) is 0 Å². The molecule has 2 heterocycles. The van der Waals surface area contributed by atoms with Crippen LogP contribution in [0, 0.1) is 0 Å². The Morgan fingerprint density at radius 3 is 2.74 bits per heavy atom. The van der Waals surface area contributed by atoms with E-state index >= 15 is 0 Å². The summed E-state index contributed by atoms with van der Waals surface area (Å²) < 4.78 is 5.79. The van der Waals surface area contributed by atoms with Crippen molar-refractivity contribution >= 4 is 5.91 Å². The molecule has 110 valence electrons. The highest BCUT2D eigenvalue weighted by atomic mass is 16.5. The summed E-state index contributed by atoms with van der Waals surface area (Å²) in [5.74, 6) is 0.244. The summed E-state index contributed by atoms with van der Waals surface area (Å²) in [4.78, 5) is 16.4. The summed E-state index contributed by atoms with van der Waals surface area (Å²) in [5, 5.41) is 3.31. The monoisotopic (exact) mass is 269 g/mol. The minimum Gasteiger partial charge on any atom is -0.378 e. The van der Waals surface area contributed by atoms with Crippen LogP contribution in [0.3, 0.4) is 0 Å². The number of likely N-dealkylation sites (N-methyl/N-ethyl adjacent to an activating group) is 1. The van der Waals surface area contributed by atoms with Crippen LogP contribution < -0.4 is 5.32 Å². The highest BCUT2D eigenvalue weighted by molar-refractivity contribution is 5.76. The Hall–Kier alpha value is -0.650. The largest absolute Gasteiger partial charge is 0.378 e. The molecule has 2 fully saturated rings. The van der Waals surface area contributed by atoms with Crippen molar-refractivity contribution in [3.05, 3.63) is 0 Å². The highest BCUT2D eigenvalue weighted by Gasteiger charge is 2.24. The van der Waals surface area contributed by atoms with Gasteiger partial charge < -0.3 is 19.9 Å². The van der Waals surface area contributed by atoms with Gasteiger partial charge in [0.1, 0.15) is 0 Å². The molecule has 1 unspecified atom stereocenters. The normalized spacial score (nSPS) is 26.6. The van der Waals surface area contributed by atoms with Crippen LogP contribution in [-0.2, 0) is 9.53 Å². The molecule has 1 amide bonds. The summed E-state index contributed by atoms with van der Waals surface area (Å²) in [5.41, 5.74) is 0. The minimum atomic E-state index is 0.244. The number of amides is 1. The van der Waals surface area contributed by atoms with E-state index in [-0.39, 0.29) is 5.91 Å². The number of piperidine rings is 1. The molecule has 5 heteroatoms. The van der Waals surface area contributed by atoms with E-state index in [0.717, 1.165) is 45.6 Å². The first-order valence-electron chi connectivity index (χ1n) is 7.47. The first-order chi connectivity index (χ1) is 9.16. The van der Waals surface area contributed by atoms with Gasteiger partial charge in [0.15, 0.2) is 0 Å². The zero-order chi connectivity index (χ0) is 13.7. The van der Waals surface area contributed by atoms with Crippen LogP contribution in [0.15, 0.2) is 0 Å². The molecule has 2 saturated heterocycles. The van der Waals surface area contributed by atoms with Crippen LogP contribution in [0.2, 0.25) is 0 Å². The van der Waals surface area contributed by atoms with Gasteiger partial charge in [0.25, 0.3) is 0 Å². The maximum Gasteiger partial charge on any atom is 0.224 e. The van der Waals surface area contributed by atoms with Gasteiger partial charge in [-0.2, -0.15) is 0 Å². The fourth-order valence-electron chi connectivity index (χ4n) is 2.71. The number of hydrogen-bond donors (Lipinski definition) is 1. The summed E-state index contributed by atoms with van der Waals surface area (Å²) in [6, 6.07) is 0.461. The van der Waals surface area contributed by atoms with E-state index in [4.69, 9.17) is 4.74 Å². The number of carbonyl (C=O) groups is 1. The van der Waals surface area contributed by atoms with E-state index < -0.39 is 0 Å². The van der Waals surface area contributed by atoms with Crippen LogP contribution in [0.4, 0.5) is 0 Å². The van der Waals surface area contributed by atoms with Crippen molar-refractivity contribution in [3.8, 4) is 0 Å². The second-order valence-corrected chi connectivity index (χ2v) is 5.74. The number of nitrogens with zero attached hydrogens (tertiary/aromatic N) is 2. The third-order valence-corrected chi connectivity index (χ3v) is 4.27. The van der Waals surface area contributed by atoms with Crippen LogP contribution >= 0.6 is 0 Å². The van der Waals surface area contributed by atoms with E-state index in [9.17, 15) is 4.79 Å². The Morgan fingerprint density at radius 2 is 2.05 bits per heavy atom. The van der Waals surface area contributed by atoms with Gasteiger partial charge >= 0.3 is 0 Å². The predicted octanol–water partition coefficient (Wildman–Crippen LogP) is 0.308. The van der Waals surface area contributed by atoms with Gasteiger partial charge in [0.2, 0.25) is 5.91 Å². The molecule has 0 aromatic heterocycles. The van der Waals surface area contributed by atoms with E-state index in [1.165, 1.54) is 0 Å². The summed E-state index contributed by atoms with van der Waals surface area (Å²) in [7, 11) is 2.12. The van der Waals surface area contributed by atoms with Gasteiger partial charge in [0, 0.05) is 25.7 Å². The lowest BCUT2D eigenvalue weighted by Gasteiger charge is -2.37. The van der Waals surface area contributed by atoms with Crippen LogP contribution in [-0.4, -0.2) is 74.2 Å². The lowest BCUT2D eigenvalue weighted by Crippen LogP contribution is -2.52. The van der Waals surface area contributed by atoms with Gasteiger partial charge in [0.05, 0.1) is 19.1 Å². The SMILES string of the molecule is CC1CN(C(=O)CCOC2CCNCC2)CCN1C. The highest BCUT2D eigenvalue weighted by Crippen LogP contribution is 2.10. The molecule has 0 aromatic rings. The molecule has 0 saturated carbocycles. The molecule has 1 N–H and O–H groups in total. The third-order valence-electron chi connectivity index (χ3n) is 4.27. The Labute approximate surface area is 116 Å². The van der Waals surface area contributed by atoms with Gasteiger partial charge in [-0.15, -0.1) is 0 Å². The first-order valence-corrected chi connectivity index (χ1v) is 7.47. The average molecular weight is 269 g/mol. The molecule has 0 radical (unpaired) electrons. The topological polar surface area (TPSA) is 44.8 Å². The van der Waals surface area contributed by atoms with Gasteiger partial charge in [-0.1, -0.05) is 0 Å².